The van der Waals surface area contributed by atoms with Crippen LogP contribution in [0.3, 0.4) is 0 Å². The molecule has 20 heavy (non-hydrogen) atoms. The highest BCUT2D eigenvalue weighted by Gasteiger charge is 2.08. The van der Waals surface area contributed by atoms with Gasteiger partial charge < -0.3 is 5.32 Å². The molecule has 1 aromatic heterocycles. The fourth-order valence-corrected chi connectivity index (χ4v) is 2.00. The van der Waals surface area contributed by atoms with Gasteiger partial charge in [0.25, 0.3) is 5.91 Å². The maximum atomic E-state index is 12.8. The zero-order valence-electron chi connectivity index (χ0n) is 10.5. The van der Waals surface area contributed by atoms with Crippen LogP contribution in [0, 0.1) is 5.82 Å². The number of para-hydroxylation sites is 1. The molecule has 3 nitrogen and oxygen atoms in total. The molecule has 0 fully saturated rings. The molecular formula is C16H11FN2O. The predicted octanol–water partition coefficient (Wildman–Crippen LogP) is 3.63. The number of fused-ring (bicyclic) bond motifs is 1. The first-order chi connectivity index (χ1) is 9.74. The Balaban J connectivity index is 1.93. The first-order valence-corrected chi connectivity index (χ1v) is 6.15. The lowest BCUT2D eigenvalue weighted by Crippen LogP contribution is -2.12. The number of nitrogens with zero attached hydrogens (tertiary/aromatic N) is 1. The zero-order chi connectivity index (χ0) is 13.9. The van der Waals surface area contributed by atoms with E-state index >= 15 is 0 Å². The summed E-state index contributed by atoms with van der Waals surface area (Å²) in [5.41, 5.74) is 1.77. The zero-order valence-corrected chi connectivity index (χ0v) is 10.5. The van der Waals surface area contributed by atoms with Crippen LogP contribution in [0.25, 0.3) is 10.9 Å². The molecule has 0 aliphatic rings. The number of carbonyl (C=O) groups excluding carboxylic acids is 1. The Morgan fingerprint density at radius 3 is 2.55 bits per heavy atom. The maximum absolute atomic E-state index is 12.8. The van der Waals surface area contributed by atoms with Crippen LogP contribution in [0.15, 0.2) is 60.8 Å². The van der Waals surface area contributed by atoms with E-state index in [0.29, 0.717) is 11.3 Å². The lowest BCUT2D eigenvalue weighted by atomic mass is 10.1. The van der Waals surface area contributed by atoms with Gasteiger partial charge in [0, 0.05) is 17.1 Å². The van der Waals surface area contributed by atoms with E-state index in [2.05, 4.69) is 10.3 Å². The Morgan fingerprint density at radius 2 is 1.75 bits per heavy atom. The second kappa shape index (κ2) is 5.09. The van der Waals surface area contributed by atoms with E-state index in [0.717, 1.165) is 10.9 Å². The highest BCUT2D eigenvalue weighted by atomic mass is 19.1. The Hall–Kier alpha value is -2.75. The number of carbonyl (C=O) groups is 1. The fraction of sp³-hybridized carbons (Fsp3) is 0. The van der Waals surface area contributed by atoms with E-state index in [4.69, 9.17) is 0 Å². The summed E-state index contributed by atoms with van der Waals surface area (Å²) in [5, 5.41) is 3.75. The number of hydrogen-bond donors (Lipinski definition) is 1. The third-order valence-corrected chi connectivity index (χ3v) is 2.99. The molecule has 0 aliphatic carbocycles. The lowest BCUT2D eigenvalue weighted by Gasteiger charge is -2.07. The van der Waals surface area contributed by atoms with Crippen LogP contribution in [0.5, 0.6) is 0 Å². The number of nitrogens with one attached hydrogen (secondary N) is 1. The Bertz CT molecular complexity index is 764. The highest BCUT2D eigenvalue weighted by Crippen LogP contribution is 2.21. The maximum Gasteiger partial charge on any atom is 0.255 e. The van der Waals surface area contributed by atoms with Gasteiger partial charge in [-0.2, -0.15) is 0 Å². The van der Waals surface area contributed by atoms with Crippen LogP contribution < -0.4 is 5.32 Å². The molecule has 0 radical (unpaired) electrons. The molecule has 1 N–H and O–H groups in total. The summed E-state index contributed by atoms with van der Waals surface area (Å²) >= 11 is 0. The fourth-order valence-electron chi connectivity index (χ4n) is 2.00. The van der Waals surface area contributed by atoms with Gasteiger partial charge in [-0.25, -0.2) is 4.39 Å². The standard InChI is InChI=1S/C16H11FN2O/c17-13-8-6-12(7-9-13)16(20)19-14-5-1-3-11-4-2-10-18-15(11)14/h1-10H,(H,19,20). The molecule has 0 aliphatic heterocycles. The minimum absolute atomic E-state index is 0.289. The average molecular weight is 266 g/mol. The van der Waals surface area contributed by atoms with Crippen LogP contribution in [0.4, 0.5) is 10.1 Å². The third kappa shape index (κ3) is 2.36. The molecule has 3 rings (SSSR count). The van der Waals surface area contributed by atoms with Gasteiger partial charge in [-0.05, 0) is 36.4 Å². The number of anilines is 1. The van der Waals surface area contributed by atoms with E-state index in [1.807, 2.05) is 24.3 Å². The number of amides is 1. The van der Waals surface area contributed by atoms with Gasteiger partial charge in [0.1, 0.15) is 5.82 Å². The van der Waals surface area contributed by atoms with E-state index in [1.54, 1.807) is 12.3 Å². The molecule has 1 heterocycles. The van der Waals surface area contributed by atoms with Crippen molar-refractivity contribution in [2.75, 3.05) is 5.32 Å². The molecule has 0 unspecified atom stereocenters. The molecule has 4 heteroatoms. The normalized spacial score (nSPS) is 10.4. The summed E-state index contributed by atoms with van der Waals surface area (Å²) in [4.78, 5) is 16.4. The molecule has 1 amide bonds. The summed E-state index contributed by atoms with van der Waals surface area (Å²) < 4.78 is 12.8. The first kappa shape index (κ1) is 12.3. The SMILES string of the molecule is O=C(Nc1cccc2cccnc12)c1ccc(F)cc1. The minimum atomic E-state index is -0.367. The van der Waals surface area contributed by atoms with Crippen molar-refractivity contribution in [2.45, 2.75) is 0 Å². The van der Waals surface area contributed by atoms with Gasteiger partial charge in [0.15, 0.2) is 0 Å². The monoisotopic (exact) mass is 266 g/mol. The van der Waals surface area contributed by atoms with E-state index in [1.165, 1.54) is 24.3 Å². The third-order valence-electron chi connectivity index (χ3n) is 2.99. The van der Waals surface area contributed by atoms with Crippen LogP contribution >= 0.6 is 0 Å². The topological polar surface area (TPSA) is 42.0 Å². The number of hydrogen-bond acceptors (Lipinski definition) is 2. The van der Waals surface area contributed by atoms with Gasteiger partial charge in [-0.3, -0.25) is 9.78 Å². The molecule has 0 spiro atoms. The molecule has 0 atom stereocenters. The minimum Gasteiger partial charge on any atom is -0.320 e. The van der Waals surface area contributed by atoms with Crippen molar-refractivity contribution in [3.8, 4) is 0 Å². The van der Waals surface area contributed by atoms with E-state index in [-0.39, 0.29) is 11.7 Å². The molecule has 2 aromatic carbocycles. The largest absolute Gasteiger partial charge is 0.320 e. The number of halogens is 1. The second-order valence-electron chi connectivity index (χ2n) is 4.34. The van der Waals surface area contributed by atoms with E-state index in [9.17, 15) is 9.18 Å². The Morgan fingerprint density at radius 1 is 1.00 bits per heavy atom. The van der Waals surface area contributed by atoms with Crippen LogP contribution in [0.1, 0.15) is 10.4 Å². The molecule has 0 saturated heterocycles. The van der Waals surface area contributed by atoms with Crippen molar-refractivity contribution in [3.05, 3.63) is 72.2 Å². The lowest BCUT2D eigenvalue weighted by molar-refractivity contribution is 0.102. The average Bonchev–Trinajstić information content (AvgIpc) is 2.48. The van der Waals surface area contributed by atoms with Gasteiger partial charge in [-0.1, -0.05) is 18.2 Å². The van der Waals surface area contributed by atoms with Crippen molar-refractivity contribution < 1.29 is 9.18 Å². The van der Waals surface area contributed by atoms with Crippen LogP contribution in [-0.4, -0.2) is 10.9 Å². The van der Waals surface area contributed by atoms with Crippen molar-refractivity contribution in [3.63, 3.8) is 0 Å². The van der Waals surface area contributed by atoms with Crippen molar-refractivity contribution in [2.24, 2.45) is 0 Å². The van der Waals surface area contributed by atoms with Crippen LogP contribution in [0.2, 0.25) is 0 Å². The molecule has 98 valence electrons. The number of aromatic nitrogens is 1. The number of rotatable bonds is 2. The summed E-state index contributed by atoms with van der Waals surface area (Å²) in [5.74, 6) is -0.656. The molecule has 3 aromatic rings. The second-order valence-corrected chi connectivity index (χ2v) is 4.34. The number of benzene rings is 2. The van der Waals surface area contributed by atoms with Crippen molar-refractivity contribution in [1.82, 2.24) is 4.98 Å². The summed E-state index contributed by atoms with van der Waals surface area (Å²) in [7, 11) is 0. The van der Waals surface area contributed by atoms with Gasteiger partial charge in [0.2, 0.25) is 0 Å². The molecular weight excluding hydrogens is 255 g/mol. The van der Waals surface area contributed by atoms with Crippen molar-refractivity contribution in [1.29, 1.82) is 0 Å². The highest BCUT2D eigenvalue weighted by molar-refractivity contribution is 6.08. The summed E-state index contributed by atoms with van der Waals surface area (Å²) in [6.45, 7) is 0. The Kier molecular flexibility index (Phi) is 3.13. The number of pyridine rings is 1. The van der Waals surface area contributed by atoms with Gasteiger partial charge >= 0.3 is 0 Å². The van der Waals surface area contributed by atoms with Crippen molar-refractivity contribution >= 4 is 22.5 Å². The smallest absolute Gasteiger partial charge is 0.255 e. The summed E-state index contributed by atoms with van der Waals surface area (Å²) in [6, 6.07) is 14.7. The van der Waals surface area contributed by atoms with Crippen LogP contribution in [-0.2, 0) is 0 Å². The summed E-state index contributed by atoms with van der Waals surface area (Å²) in [6.07, 6.45) is 1.68. The first-order valence-electron chi connectivity index (χ1n) is 6.15. The van der Waals surface area contributed by atoms with Gasteiger partial charge in [-0.15, -0.1) is 0 Å². The molecule has 0 bridgehead atoms. The van der Waals surface area contributed by atoms with E-state index < -0.39 is 0 Å². The quantitative estimate of drug-likeness (QED) is 0.769. The molecule has 0 saturated carbocycles. The Labute approximate surface area is 115 Å². The van der Waals surface area contributed by atoms with Gasteiger partial charge in [0.05, 0.1) is 11.2 Å². The predicted molar refractivity (Wildman–Crippen MR) is 76.1 cm³/mol.